The first-order chi connectivity index (χ1) is 33.4. The number of hydrogen-bond donors (Lipinski definition) is 3. The lowest BCUT2D eigenvalue weighted by molar-refractivity contribution is -0.258. The predicted octanol–water partition coefficient (Wildman–Crippen LogP) is 11.6. The Morgan fingerprint density at radius 1 is 0.809 bits per heavy atom. The van der Waals surface area contributed by atoms with Crippen molar-refractivity contribution in [1.29, 1.82) is 0 Å². The molecule has 372 valence electrons. The molecule has 1 saturated carbocycles. The number of carbonyl (C=O) groups excluding carboxylic acids is 1. The van der Waals surface area contributed by atoms with E-state index in [0.717, 1.165) is 72.9 Å². The zero-order chi connectivity index (χ0) is 48.0. The fraction of sp³-hybridized carbons (Fsp3) is 0.579. The van der Waals surface area contributed by atoms with Gasteiger partial charge in [0.2, 0.25) is 11.7 Å². The zero-order valence-corrected chi connectivity index (χ0v) is 41.0. The number of carbonyl (C=O) groups is 1. The van der Waals surface area contributed by atoms with Crippen molar-refractivity contribution in [2.75, 3.05) is 52.8 Å². The highest BCUT2D eigenvalue weighted by Gasteiger charge is 2.65. The van der Waals surface area contributed by atoms with Crippen molar-refractivity contribution < 1.29 is 43.9 Å². The van der Waals surface area contributed by atoms with Gasteiger partial charge in [-0.25, -0.2) is 0 Å². The van der Waals surface area contributed by atoms with Gasteiger partial charge in [0.05, 0.1) is 38.1 Å². The van der Waals surface area contributed by atoms with Gasteiger partial charge < -0.3 is 44.0 Å². The number of aliphatic hydroxyl groups is 3. The van der Waals surface area contributed by atoms with Gasteiger partial charge in [-0.05, 0) is 97.9 Å². The van der Waals surface area contributed by atoms with Crippen LogP contribution in [0.3, 0.4) is 0 Å². The average molecular weight is 937 g/mol. The fourth-order valence-corrected chi connectivity index (χ4v) is 10.9. The van der Waals surface area contributed by atoms with E-state index in [-0.39, 0.29) is 69.8 Å². The third kappa shape index (κ3) is 13.8. The van der Waals surface area contributed by atoms with Crippen molar-refractivity contribution in [3.8, 4) is 28.4 Å². The lowest BCUT2D eigenvalue weighted by atomic mass is 9.55. The molecular weight excluding hydrogens is 857 g/mol. The van der Waals surface area contributed by atoms with Gasteiger partial charge >= 0.3 is 0 Å². The highest BCUT2D eigenvalue weighted by Crippen LogP contribution is 2.62. The summed E-state index contributed by atoms with van der Waals surface area (Å²) in [6.07, 6.45) is 19.8. The molecule has 0 bridgehead atoms. The van der Waals surface area contributed by atoms with Crippen LogP contribution in [0, 0.1) is 17.8 Å². The molecule has 3 aromatic rings. The van der Waals surface area contributed by atoms with Crippen LogP contribution >= 0.6 is 0 Å². The molecule has 6 rings (SSSR count). The molecule has 3 aromatic carbocycles. The molecule has 11 nitrogen and oxygen atoms in total. The van der Waals surface area contributed by atoms with Crippen LogP contribution in [-0.4, -0.2) is 96.5 Å². The summed E-state index contributed by atoms with van der Waals surface area (Å²) in [5.74, 6) is 0.268. The van der Waals surface area contributed by atoms with Gasteiger partial charge in [-0.3, -0.25) is 4.79 Å². The lowest BCUT2D eigenvalue weighted by Crippen LogP contribution is -2.70. The second-order valence-electron chi connectivity index (χ2n) is 18.7. The topological polar surface area (TPSA) is 140 Å². The summed E-state index contributed by atoms with van der Waals surface area (Å²) in [5.41, 5.74) is 4.99. The Morgan fingerprint density at radius 3 is 2.19 bits per heavy atom. The van der Waals surface area contributed by atoms with E-state index in [4.69, 9.17) is 28.9 Å². The Morgan fingerprint density at radius 2 is 1.50 bits per heavy atom. The van der Waals surface area contributed by atoms with Crippen molar-refractivity contribution in [3.05, 3.63) is 103 Å². The molecule has 0 saturated heterocycles. The number of hydrogen-bond acceptors (Lipinski definition) is 10. The normalized spacial score (nSPS) is 22.2. The number of rotatable bonds is 32. The van der Waals surface area contributed by atoms with Gasteiger partial charge in [-0.15, -0.1) is 6.58 Å². The molecule has 1 amide bonds. The van der Waals surface area contributed by atoms with Crippen LogP contribution in [0.25, 0.3) is 11.1 Å². The standard InChI is InChI=1S/C57H80N2O9/c1-4-7-8-9-10-11-12-13-17-26-54(63)59(33-38-64-39-36-62)53-42-51(58-66-6-3)49-40-45(24-18-20-34-60)48(25-19-21-35-61)55-50-41-47(31-32-52(50)68-57(53,56(49)55)65-37-5-2)67-46-29-27-44(28-30-46)43-22-15-14-16-23-43/h5,14-16,22-23,27-32,40-41,45,48,53,55-56,60-62H,2,4,6-13,17-21,24-26,33-39,42H2,1,3H3/t45-,48+,53-,55+,56+,57+/m0/s1. The molecule has 11 heteroatoms. The molecule has 3 aliphatic rings. The van der Waals surface area contributed by atoms with Gasteiger partial charge in [0.15, 0.2) is 0 Å². The minimum atomic E-state index is -1.37. The van der Waals surface area contributed by atoms with Crippen LogP contribution in [0.4, 0.5) is 0 Å². The van der Waals surface area contributed by atoms with Crippen LogP contribution < -0.4 is 9.47 Å². The summed E-state index contributed by atoms with van der Waals surface area (Å²) in [6, 6.07) is 23.8. The van der Waals surface area contributed by atoms with E-state index in [0.29, 0.717) is 49.5 Å². The molecule has 0 aromatic heterocycles. The van der Waals surface area contributed by atoms with Crippen molar-refractivity contribution >= 4 is 11.6 Å². The molecule has 0 spiro atoms. The summed E-state index contributed by atoms with van der Waals surface area (Å²) in [4.78, 5) is 22.8. The van der Waals surface area contributed by atoms with Gasteiger partial charge in [-0.2, -0.15) is 0 Å². The van der Waals surface area contributed by atoms with Gasteiger partial charge in [0.25, 0.3) is 0 Å². The van der Waals surface area contributed by atoms with Crippen LogP contribution in [0.1, 0.15) is 134 Å². The third-order valence-corrected chi connectivity index (χ3v) is 14.0. The number of allylic oxidation sites excluding steroid dienone is 1. The van der Waals surface area contributed by atoms with E-state index < -0.39 is 17.7 Å². The SMILES string of the molecule is C=CCO[C@@]12Oc3ccc(Oc4ccc(-c5ccccc5)cc4)cc3[C@H]3[C@H](CCCCO)[C@@H](CCCCO)C=C(C(=NOCC)C[C@@H]1N(CCOCCO)C(=O)CCCCCCCCCCC)[C@H]32. The smallest absolute Gasteiger partial charge is 0.239 e. The second kappa shape index (κ2) is 28.2. The zero-order valence-electron chi connectivity index (χ0n) is 41.0. The van der Waals surface area contributed by atoms with Gasteiger partial charge in [0, 0.05) is 44.1 Å². The van der Waals surface area contributed by atoms with E-state index in [1.807, 2.05) is 54.3 Å². The Bertz CT molecular complexity index is 2020. The Hall–Kier alpha value is -4.52. The van der Waals surface area contributed by atoms with Crippen molar-refractivity contribution in [1.82, 2.24) is 4.90 Å². The molecule has 3 N–H and O–H groups in total. The fourth-order valence-electron chi connectivity index (χ4n) is 10.9. The molecule has 2 aliphatic carbocycles. The largest absolute Gasteiger partial charge is 0.459 e. The van der Waals surface area contributed by atoms with Crippen LogP contribution in [0.15, 0.2) is 102 Å². The first-order valence-corrected chi connectivity index (χ1v) is 25.9. The number of fused-ring (bicyclic) bond motifs is 2. The highest BCUT2D eigenvalue weighted by atomic mass is 16.7. The predicted molar refractivity (Wildman–Crippen MR) is 270 cm³/mol. The van der Waals surface area contributed by atoms with Crippen LogP contribution in [-0.2, 0) is 19.1 Å². The second-order valence-corrected chi connectivity index (χ2v) is 18.7. The van der Waals surface area contributed by atoms with Gasteiger partial charge in [0.1, 0.15) is 29.9 Å². The molecule has 1 fully saturated rings. The van der Waals surface area contributed by atoms with E-state index in [1.165, 1.54) is 38.5 Å². The average Bonchev–Trinajstić information content (AvgIpc) is 3.36. The molecule has 68 heavy (non-hydrogen) atoms. The quantitative estimate of drug-likeness (QED) is 0.0317. The highest BCUT2D eigenvalue weighted by molar-refractivity contribution is 6.03. The minimum absolute atomic E-state index is 0.000440. The number of oxime groups is 1. The summed E-state index contributed by atoms with van der Waals surface area (Å²) < 4.78 is 27.2. The minimum Gasteiger partial charge on any atom is -0.459 e. The monoisotopic (exact) mass is 937 g/mol. The summed E-state index contributed by atoms with van der Waals surface area (Å²) in [6.45, 7) is 9.57. The number of amides is 1. The number of ether oxygens (including phenoxy) is 4. The number of aliphatic hydroxyl groups excluding tert-OH is 3. The van der Waals surface area contributed by atoms with Crippen LogP contribution in [0.5, 0.6) is 17.2 Å². The summed E-state index contributed by atoms with van der Waals surface area (Å²) >= 11 is 0. The van der Waals surface area contributed by atoms with Gasteiger partial charge in [-0.1, -0.05) is 131 Å². The molecule has 0 unspecified atom stereocenters. The van der Waals surface area contributed by atoms with Crippen molar-refractivity contribution in [3.63, 3.8) is 0 Å². The first kappa shape index (κ1) is 52.8. The van der Waals surface area contributed by atoms with E-state index in [9.17, 15) is 20.1 Å². The number of benzene rings is 3. The Kier molecular flexibility index (Phi) is 21.9. The maximum absolute atomic E-state index is 14.9. The van der Waals surface area contributed by atoms with Crippen molar-refractivity contribution in [2.45, 2.75) is 141 Å². The van der Waals surface area contributed by atoms with Crippen molar-refractivity contribution in [2.24, 2.45) is 22.9 Å². The first-order valence-electron chi connectivity index (χ1n) is 25.9. The van der Waals surface area contributed by atoms with Crippen LogP contribution in [0.2, 0.25) is 0 Å². The molecule has 1 aliphatic heterocycles. The third-order valence-electron chi connectivity index (χ3n) is 14.0. The van der Waals surface area contributed by atoms with E-state index in [1.54, 1.807) is 6.08 Å². The van der Waals surface area contributed by atoms with E-state index >= 15 is 0 Å². The Labute approximate surface area is 406 Å². The molecule has 6 atom stereocenters. The number of unbranched alkanes of at least 4 members (excludes halogenated alkanes) is 10. The molecule has 0 radical (unpaired) electrons. The Balaban J connectivity index is 1.44. The lowest BCUT2D eigenvalue weighted by Gasteiger charge is -2.60. The maximum atomic E-state index is 14.9. The maximum Gasteiger partial charge on any atom is 0.239 e. The van der Waals surface area contributed by atoms with E-state index in [2.05, 4.69) is 49.9 Å². The summed E-state index contributed by atoms with van der Waals surface area (Å²) in [7, 11) is 0. The number of nitrogens with zero attached hydrogens (tertiary/aromatic N) is 2. The molecular formula is C57H80N2O9. The summed E-state index contributed by atoms with van der Waals surface area (Å²) in [5, 5.41) is 34.5. The molecule has 1 heterocycles.